The SMILES string of the molecule is CCC(C)c1cnn(C(C)(C)C)n1. The molecule has 1 aromatic rings. The molecule has 0 N–H and O–H groups in total. The molecule has 1 atom stereocenters. The Labute approximate surface area is 80.1 Å². The zero-order chi connectivity index (χ0) is 10.1. The van der Waals surface area contributed by atoms with Crippen LogP contribution in [0.4, 0.5) is 0 Å². The molecule has 0 radical (unpaired) electrons. The number of aromatic nitrogens is 3. The first-order chi connectivity index (χ1) is 5.95. The van der Waals surface area contributed by atoms with Gasteiger partial charge in [-0.05, 0) is 27.2 Å². The Morgan fingerprint density at radius 2 is 2.08 bits per heavy atom. The minimum Gasteiger partial charge on any atom is -0.179 e. The fourth-order valence-electron chi connectivity index (χ4n) is 1.03. The molecule has 74 valence electrons. The Kier molecular flexibility index (Phi) is 2.74. The molecule has 0 saturated carbocycles. The van der Waals surface area contributed by atoms with Gasteiger partial charge in [-0.3, -0.25) is 0 Å². The zero-order valence-electron chi connectivity index (χ0n) is 9.20. The molecule has 0 saturated heterocycles. The lowest BCUT2D eigenvalue weighted by molar-refractivity contribution is 0.310. The summed E-state index contributed by atoms with van der Waals surface area (Å²) >= 11 is 0. The van der Waals surface area contributed by atoms with E-state index in [1.165, 1.54) is 0 Å². The molecule has 0 fully saturated rings. The van der Waals surface area contributed by atoms with E-state index >= 15 is 0 Å². The van der Waals surface area contributed by atoms with Crippen molar-refractivity contribution in [1.82, 2.24) is 15.0 Å². The minimum atomic E-state index is -0.00822. The molecule has 0 bridgehead atoms. The first kappa shape index (κ1) is 10.2. The van der Waals surface area contributed by atoms with E-state index in [0.29, 0.717) is 5.92 Å². The fraction of sp³-hybridized carbons (Fsp3) is 0.800. The van der Waals surface area contributed by atoms with Gasteiger partial charge in [-0.2, -0.15) is 15.0 Å². The lowest BCUT2D eigenvalue weighted by Gasteiger charge is -2.16. The molecule has 0 aliphatic heterocycles. The predicted molar refractivity (Wildman–Crippen MR) is 53.7 cm³/mol. The van der Waals surface area contributed by atoms with Crippen LogP contribution >= 0.6 is 0 Å². The third-order valence-corrected chi connectivity index (χ3v) is 2.23. The monoisotopic (exact) mass is 181 g/mol. The third-order valence-electron chi connectivity index (χ3n) is 2.23. The first-order valence-electron chi connectivity index (χ1n) is 4.88. The van der Waals surface area contributed by atoms with Crippen molar-refractivity contribution in [2.24, 2.45) is 0 Å². The van der Waals surface area contributed by atoms with Crippen LogP contribution in [-0.2, 0) is 5.54 Å². The molecule has 0 aliphatic carbocycles. The van der Waals surface area contributed by atoms with Gasteiger partial charge in [-0.25, -0.2) is 0 Å². The van der Waals surface area contributed by atoms with Gasteiger partial charge in [0.1, 0.15) is 0 Å². The van der Waals surface area contributed by atoms with Gasteiger partial charge >= 0.3 is 0 Å². The molecule has 1 heterocycles. The van der Waals surface area contributed by atoms with Crippen LogP contribution in [0.5, 0.6) is 0 Å². The van der Waals surface area contributed by atoms with E-state index in [2.05, 4.69) is 44.8 Å². The van der Waals surface area contributed by atoms with Gasteiger partial charge in [0.2, 0.25) is 0 Å². The van der Waals surface area contributed by atoms with Crippen LogP contribution in [0.2, 0.25) is 0 Å². The highest BCUT2D eigenvalue weighted by atomic mass is 15.5. The summed E-state index contributed by atoms with van der Waals surface area (Å²) in [5, 5.41) is 8.72. The summed E-state index contributed by atoms with van der Waals surface area (Å²) in [5.74, 6) is 0.510. The van der Waals surface area contributed by atoms with Crippen molar-refractivity contribution in [1.29, 1.82) is 0 Å². The maximum absolute atomic E-state index is 4.46. The van der Waals surface area contributed by atoms with E-state index in [1.54, 1.807) is 4.80 Å². The van der Waals surface area contributed by atoms with Crippen LogP contribution in [0.15, 0.2) is 6.20 Å². The van der Waals surface area contributed by atoms with E-state index in [-0.39, 0.29) is 5.54 Å². The van der Waals surface area contributed by atoms with Crippen molar-refractivity contribution >= 4 is 0 Å². The number of hydrogen-bond donors (Lipinski definition) is 0. The predicted octanol–water partition coefficient (Wildman–Crippen LogP) is 2.55. The van der Waals surface area contributed by atoms with Crippen LogP contribution in [0.1, 0.15) is 52.7 Å². The summed E-state index contributed by atoms with van der Waals surface area (Å²) in [7, 11) is 0. The van der Waals surface area contributed by atoms with Gasteiger partial charge in [0.15, 0.2) is 0 Å². The Bertz CT molecular complexity index is 270. The van der Waals surface area contributed by atoms with E-state index in [1.807, 2.05) is 6.20 Å². The fourth-order valence-corrected chi connectivity index (χ4v) is 1.03. The third kappa shape index (κ3) is 2.29. The van der Waals surface area contributed by atoms with Crippen molar-refractivity contribution < 1.29 is 0 Å². The first-order valence-corrected chi connectivity index (χ1v) is 4.88. The van der Waals surface area contributed by atoms with Gasteiger partial charge < -0.3 is 0 Å². The molecule has 3 nitrogen and oxygen atoms in total. The topological polar surface area (TPSA) is 30.7 Å². The maximum atomic E-state index is 4.46. The second-order valence-corrected chi connectivity index (χ2v) is 4.54. The lowest BCUT2D eigenvalue weighted by atomic mass is 10.1. The Morgan fingerprint density at radius 1 is 1.46 bits per heavy atom. The van der Waals surface area contributed by atoms with Crippen LogP contribution in [0.25, 0.3) is 0 Å². The average molecular weight is 181 g/mol. The number of nitrogens with zero attached hydrogens (tertiary/aromatic N) is 3. The highest BCUT2D eigenvalue weighted by molar-refractivity contribution is 4.99. The van der Waals surface area contributed by atoms with Gasteiger partial charge in [0, 0.05) is 5.92 Å². The van der Waals surface area contributed by atoms with Gasteiger partial charge in [-0.15, -0.1) is 0 Å². The molecule has 1 rings (SSSR count). The second-order valence-electron chi connectivity index (χ2n) is 4.54. The lowest BCUT2D eigenvalue weighted by Crippen LogP contribution is -2.24. The summed E-state index contributed by atoms with van der Waals surface area (Å²) in [5.41, 5.74) is 1.09. The molecular weight excluding hydrogens is 162 g/mol. The van der Waals surface area contributed by atoms with Gasteiger partial charge in [0.05, 0.1) is 17.4 Å². The summed E-state index contributed by atoms with van der Waals surface area (Å²) in [6.07, 6.45) is 2.99. The number of rotatable bonds is 2. The van der Waals surface area contributed by atoms with Gasteiger partial charge in [0.25, 0.3) is 0 Å². The minimum absolute atomic E-state index is 0.00822. The van der Waals surface area contributed by atoms with Crippen molar-refractivity contribution in [3.8, 4) is 0 Å². The van der Waals surface area contributed by atoms with E-state index in [9.17, 15) is 0 Å². The molecule has 1 aromatic heterocycles. The van der Waals surface area contributed by atoms with E-state index < -0.39 is 0 Å². The Morgan fingerprint density at radius 3 is 2.46 bits per heavy atom. The summed E-state index contributed by atoms with van der Waals surface area (Å²) < 4.78 is 0. The van der Waals surface area contributed by atoms with Crippen molar-refractivity contribution in [2.75, 3.05) is 0 Å². The normalized spacial score (nSPS) is 14.5. The summed E-state index contributed by atoms with van der Waals surface area (Å²) in [6, 6.07) is 0. The van der Waals surface area contributed by atoms with Crippen LogP contribution in [-0.4, -0.2) is 15.0 Å². The standard InChI is InChI=1S/C10H19N3/c1-6-8(2)9-7-11-13(12-9)10(3,4)5/h7-8H,6H2,1-5H3. The zero-order valence-corrected chi connectivity index (χ0v) is 9.20. The van der Waals surface area contributed by atoms with Gasteiger partial charge in [-0.1, -0.05) is 13.8 Å². The molecule has 0 aliphatic rings. The molecule has 1 unspecified atom stereocenters. The van der Waals surface area contributed by atoms with Crippen LogP contribution in [0, 0.1) is 0 Å². The van der Waals surface area contributed by atoms with Crippen LogP contribution in [0.3, 0.4) is 0 Å². The summed E-state index contributed by atoms with van der Waals surface area (Å²) in [6.45, 7) is 10.7. The van der Waals surface area contributed by atoms with E-state index in [0.717, 1.165) is 12.1 Å². The molecule has 0 spiro atoms. The molecule has 13 heavy (non-hydrogen) atoms. The van der Waals surface area contributed by atoms with Crippen LogP contribution < -0.4 is 0 Å². The molecule has 0 aromatic carbocycles. The molecular formula is C10H19N3. The average Bonchev–Trinajstić information content (AvgIpc) is 2.50. The van der Waals surface area contributed by atoms with Crippen molar-refractivity contribution in [3.05, 3.63) is 11.9 Å². The molecule has 0 amide bonds. The van der Waals surface area contributed by atoms with Crippen molar-refractivity contribution in [3.63, 3.8) is 0 Å². The highest BCUT2D eigenvalue weighted by Gasteiger charge is 2.17. The van der Waals surface area contributed by atoms with Crippen molar-refractivity contribution in [2.45, 2.75) is 52.5 Å². The smallest absolute Gasteiger partial charge is 0.0855 e. The Balaban J connectivity index is 2.87. The van der Waals surface area contributed by atoms with E-state index in [4.69, 9.17) is 0 Å². The second kappa shape index (κ2) is 3.48. The highest BCUT2D eigenvalue weighted by Crippen LogP contribution is 2.17. The molecule has 3 heteroatoms. The quantitative estimate of drug-likeness (QED) is 0.702. The maximum Gasteiger partial charge on any atom is 0.0855 e. The Hall–Kier alpha value is -0.860. The largest absolute Gasteiger partial charge is 0.179 e. The summed E-state index contributed by atoms with van der Waals surface area (Å²) in [4.78, 5) is 1.79. The number of hydrogen-bond acceptors (Lipinski definition) is 2.